The van der Waals surface area contributed by atoms with Crippen molar-refractivity contribution in [1.82, 2.24) is 0 Å². The molecule has 0 amide bonds. The van der Waals surface area contributed by atoms with Crippen LogP contribution in [0.25, 0.3) is 0 Å². The minimum atomic E-state index is -0.801. The Hall–Kier alpha value is -1.35. The molecule has 0 heterocycles. The standard InChI is InChI=1S/C12H16O3/c1-2-7-15-9-11-5-3-10(4-6-11)8-12(13)14/h3-6H,2,7-9H2,1H3,(H,13,14). The third kappa shape index (κ3) is 4.61. The molecule has 3 heteroatoms. The van der Waals surface area contributed by atoms with Crippen LogP contribution in [-0.4, -0.2) is 17.7 Å². The highest BCUT2D eigenvalue weighted by molar-refractivity contribution is 5.70. The van der Waals surface area contributed by atoms with Gasteiger partial charge in [0, 0.05) is 6.61 Å². The molecular formula is C12H16O3. The van der Waals surface area contributed by atoms with E-state index in [2.05, 4.69) is 6.92 Å². The first-order chi connectivity index (χ1) is 7.22. The monoisotopic (exact) mass is 208 g/mol. The Morgan fingerprint density at radius 1 is 1.27 bits per heavy atom. The summed E-state index contributed by atoms with van der Waals surface area (Å²) in [5, 5.41) is 8.58. The van der Waals surface area contributed by atoms with Crippen LogP contribution >= 0.6 is 0 Å². The highest BCUT2D eigenvalue weighted by Gasteiger charge is 2.00. The van der Waals surface area contributed by atoms with Crippen LogP contribution in [0.5, 0.6) is 0 Å². The zero-order valence-electron chi connectivity index (χ0n) is 8.90. The quantitative estimate of drug-likeness (QED) is 0.729. The fourth-order valence-electron chi connectivity index (χ4n) is 1.26. The van der Waals surface area contributed by atoms with Gasteiger partial charge in [-0.05, 0) is 17.5 Å². The summed E-state index contributed by atoms with van der Waals surface area (Å²) < 4.78 is 5.37. The first-order valence-corrected chi connectivity index (χ1v) is 5.09. The highest BCUT2D eigenvalue weighted by Crippen LogP contribution is 2.06. The van der Waals surface area contributed by atoms with E-state index in [-0.39, 0.29) is 6.42 Å². The molecule has 0 atom stereocenters. The molecule has 0 aliphatic rings. The van der Waals surface area contributed by atoms with Gasteiger partial charge in [0.2, 0.25) is 0 Å². The van der Waals surface area contributed by atoms with Gasteiger partial charge in [-0.2, -0.15) is 0 Å². The van der Waals surface area contributed by atoms with Gasteiger partial charge in [-0.15, -0.1) is 0 Å². The van der Waals surface area contributed by atoms with Crippen molar-refractivity contribution >= 4 is 5.97 Å². The average molecular weight is 208 g/mol. The Balaban J connectivity index is 2.45. The molecular weight excluding hydrogens is 192 g/mol. The van der Waals surface area contributed by atoms with Gasteiger partial charge in [0.1, 0.15) is 0 Å². The lowest BCUT2D eigenvalue weighted by molar-refractivity contribution is -0.136. The molecule has 3 nitrogen and oxygen atoms in total. The number of aliphatic carboxylic acids is 1. The van der Waals surface area contributed by atoms with Gasteiger partial charge in [-0.3, -0.25) is 4.79 Å². The van der Waals surface area contributed by atoms with E-state index in [0.717, 1.165) is 24.2 Å². The van der Waals surface area contributed by atoms with Crippen molar-refractivity contribution in [2.24, 2.45) is 0 Å². The lowest BCUT2D eigenvalue weighted by Crippen LogP contribution is -2.00. The fourth-order valence-corrected chi connectivity index (χ4v) is 1.26. The second-order valence-electron chi connectivity index (χ2n) is 3.44. The average Bonchev–Trinajstić information content (AvgIpc) is 2.20. The van der Waals surface area contributed by atoms with E-state index in [9.17, 15) is 4.79 Å². The summed E-state index contributed by atoms with van der Waals surface area (Å²) in [6.45, 7) is 3.42. The van der Waals surface area contributed by atoms with Crippen molar-refractivity contribution in [1.29, 1.82) is 0 Å². The number of hydrogen-bond donors (Lipinski definition) is 1. The van der Waals surface area contributed by atoms with Gasteiger partial charge in [-0.1, -0.05) is 31.2 Å². The zero-order valence-corrected chi connectivity index (χ0v) is 8.90. The topological polar surface area (TPSA) is 46.5 Å². The molecule has 0 fully saturated rings. The van der Waals surface area contributed by atoms with Gasteiger partial charge in [0.15, 0.2) is 0 Å². The van der Waals surface area contributed by atoms with Crippen LogP contribution in [0.3, 0.4) is 0 Å². The Labute approximate surface area is 89.7 Å². The van der Waals surface area contributed by atoms with Crippen molar-refractivity contribution in [3.8, 4) is 0 Å². The van der Waals surface area contributed by atoms with Crippen molar-refractivity contribution in [3.63, 3.8) is 0 Å². The van der Waals surface area contributed by atoms with E-state index >= 15 is 0 Å². The van der Waals surface area contributed by atoms with Crippen molar-refractivity contribution in [2.45, 2.75) is 26.4 Å². The predicted molar refractivity (Wildman–Crippen MR) is 57.7 cm³/mol. The first-order valence-electron chi connectivity index (χ1n) is 5.09. The number of benzene rings is 1. The molecule has 1 rings (SSSR count). The lowest BCUT2D eigenvalue weighted by atomic mass is 10.1. The van der Waals surface area contributed by atoms with Crippen LogP contribution in [-0.2, 0) is 22.6 Å². The molecule has 0 bridgehead atoms. The van der Waals surface area contributed by atoms with E-state index < -0.39 is 5.97 Å². The number of carbonyl (C=O) groups is 1. The number of carboxylic acids is 1. The smallest absolute Gasteiger partial charge is 0.307 e. The van der Waals surface area contributed by atoms with Crippen molar-refractivity contribution in [2.75, 3.05) is 6.61 Å². The van der Waals surface area contributed by atoms with Gasteiger partial charge in [-0.25, -0.2) is 0 Å². The van der Waals surface area contributed by atoms with E-state index in [1.807, 2.05) is 24.3 Å². The largest absolute Gasteiger partial charge is 0.481 e. The zero-order chi connectivity index (χ0) is 11.1. The number of ether oxygens (including phenoxy) is 1. The first kappa shape index (κ1) is 11.7. The van der Waals surface area contributed by atoms with Gasteiger partial charge < -0.3 is 9.84 Å². The molecule has 15 heavy (non-hydrogen) atoms. The molecule has 1 aromatic rings. The fraction of sp³-hybridized carbons (Fsp3) is 0.417. The van der Waals surface area contributed by atoms with Crippen molar-refractivity contribution < 1.29 is 14.6 Å². The summed E-state index contributed by atoms with van der Waals surface area (Å²) >= 11 is 0. The maximum atomic E-state index is 10.4. The van der Waals surface area contributed by atoms with Crippen LogP contribution in [0.4, 0.5) is 0 Å². The SMILES string of the molecule is CCCOCc1ccc(CC(=O)O)cc1. The van der Waals surface area contributed by atoms with Crippen molar-refractivity contribution in [3.05, 3.63) is 35.4 Å². The van der Waals surface area contributed by atoms with E-state index in [4.69, 9.17) is 9.84 Å². The third-order valence-corrected chi connectivity index (χ3v) is 2.00. The number of carboxylic acid groups (broad SMARTS) is 1. The Kier molecular flexibility index (Phi) is 4.84. The summed E-state index contributed by atoms with van der Waals surface area (Å²) in [7, 11) is 0. The lowest BCUT2D eigenvalue weighted by Gasteiger charge is -2.03. The van der Waals surface area contributed by atoms with E-state index in [1.165, 1.54) is 0 Å². The maximum Gasteiger partial charge on any atom is 0.307 e. The molecule has 1 N–H and O–H groups in total. The van der Waals surface area contributed by atoms with Crippen LogP contribution in [0.15, 0.2) is 24.3 Å². The summed E-state index contributed by atoms with van der Waals surface area (Å²) in [6, 6.07) is 7.49. The molecule has 0 aliphatic carbocycles. The molecule has 0 saturated carbocycles. The molecule has 1 aromatic carbocycles. The van der Waals surface area contributed by atoms with Gasteiger partial charge in [0.25, 0.3) is 0 Å². The maximum absolute atomic E-state index is 10.4. The minimum absolute atomic E-state index is 0.0795. The summed E-state index contributed by atoms with van der Waals surface area (Å²) in [5.41, 5.74) is 1.90. The Morgan fingerprint density at radius 3 is 2.40 bits per heavy atom. The van der Waals surface area contributed by atoms with E-state index in [0.29, 0.717) is 6.61 Å². The predicted octanol–water partition coefficient (Wildman–Crippen LogP) is 2.24. The minimum Gasteiger partial charge on any atom is -0.481 e. The molecule has 0 aliphatic heterocycles. The van der Waals surface area contributed by atoms with Gasteiger partial charge in [0.05, 0.1) is 13.0 Å². The van der Waals surface area contributed by atoms with Crippen LogP contribution < -0.4 is 0 Å². The van der Waals surface area contributed by atoms with E-state index in [1.54, 1.807) is 0 Å². The number of hydrogen-bond acceptors (Lipinski definition) is 2. The molecule has 0 spiro atoms. The second kappa shape index (κ2) is 6.19. The molecule has 0 saturated heterocycles. The summed E-state index contributed by atoms with van der Waals surface area (Å²) in [5.74, 6) is -0.801. The van der Waals surface area contributed by atoms with Crippen LogP contribution in [0.2, 0.25) is 0 Å². The third-order valence-electron chi connectivity index (χ3n) is 2.00. The molecule has 0 unspecified atom stereocenters. The molecule has 0 aromatic heterocycles. The highest BCUT2D eigenvalue weighted by atomic mass is 16.5. The summed E-state index contributed by atoms with van der Waals surface area (Å²) in [6.07, 6.45) is 1.09. The Bertz CT molecular complexity index is 303. The Morgan fingerprint density at radius 2 is 1.87 bits per heavy atom. The normalized spacial score (nSPS) is 10.2. The van der Waals surface area contributed by atoms with Crippen LogP contribution in [0, 0.1) is 0 Å². The number of rotatable bonds is 6. The summed E-state index contributed by atoms with van der Waals surface area (Å²) in [4.78, 5) is 10.4. The molecule has 82 valence electrons. The molecule has 0 radical (unpaired) electrons. The van der Waals surface area contributed by atoms with Crippen LogP contribution in [0.1, 0.15) is 24.5 Å². The van der Waals surface area contributed by atoms with Gasteiger partial charge >= 0.3 is 5.97 Å². The second-order valence-corrected chi connectivity index (χ2v) is 3.44.